The molecule has 2 N–H and O–H groups in total. The topological polar surface area (TPSA) is 51.8 Å². The molecule has 29 heavy (non-hydrogen) atoms. The van der Waals surface area contributed by atoms with E-state index in [1.807, 2.05) is 6.07 Å². The number of thiophene rings is 1. The molecule has 0 bridgehead atoms. The van der Waals surface area contributed by atoms with Crippen LogP contribution in [0.4, 0.5) is 14.6 Å². The van der Waals surface area contributed by atoms with Crippen LogP contribution in [-0.2, 0) is 0 Å². The van der Waals surface area contributed by atoms with E-state index in [-0.39, 0.29) is 16.8 Å². The Morgan fingerprint density at radius 1 is 1.07 bits per heavy atom. The monoisotopic (exact) mass is 429 g/mol. The van der Waals surface area contributed by atoms with Gasteiger partial charge in [0.2, 0.25) is 0 Å². The summed E-state index contributed by atoms with van der Waals surface area (Å²) in [6.45, 7) is 2.07. The van der Waals surface area contributed by atoms with E-state index in [0.29, 0.717) is 11.6 Å². The first-order valence-electron chi connectivity index (χ1n) is 9.24. The summed E-state index contributed by atoms with van der Waals surface area (Å²) in [5.41, 5.74) is 8.00. The molecule has 0 aliphatic rings. The molecule has 4 rings (SSSR count). The van der Waals surface area contributed by atoms with Gasteiger partial charge in [-0.2, -0.15) is 0 Å². The smallest absolute Gasteiger partial charge is 0.141 e. The van der Waals surface area contributed by atoms with Crippen molar-refractivity contribution in [3.8, 4) is 10.4 Å². The van der Waals surface area contributed by atoms with Crippen LogP contribution in [0.25, 0.3) is 20.7 Å². The summed E-state index contributed by atoms with van der Waals surface area (Å²) in [5.74, 6) is 0.109. The minimum atomic E-state index is -0.455. The predicted octanol–water partition coefficient (Wildman–Crippen LogP) is 6.80. The fourth-order valence-corrected chi connectivity index (χ4v) is 4.58. The highest BCUT2D eigenvalue weighted by molar-refractivity contribution is 7.21. The van der Waals surface area contributed by atoms with Crippen molar-refractivity contribution in [3.63, 3.8) is 0 Å². The number of rotatable bonds is 5. The van der Waals surface area contributed by atoms with Gasteiger partial charge < -0.3 is 5.73 Å². The van der Waals surface area contributed by atoms with Gasteiger partial charge in [-0.15, -0.1) is 11.3 Å². The summed E-state index contributed by atoms with van der Waals surface area (Å²) in [7, 11) is 0. The normalized spacial score (nSPS) is 12.4. The summed E-state index contributed by atoms with van der Waals surface area (Å²) in [4.78, 5) is 11.0. The number of anilines is 1. The van der Waals surface area contributed by atoms with E-state index in [1.165, 1.54) is 29.5 Å². The molecule has 0 radical (unpaired) electrons. The molecule has 2 heterocycles. The zero-order chi connectivity index (χ0) is 20.5. The van der Waals surface area contributed by atoms with Crippen molar-refractivity contribution < 1.29 is 8.78 Å². The van der Waals surface area contributed by atoms with Crippen molar-refractivity contribution in [2.45, 2.75) is 25.7 Å². The number of halogens is 3. The minimum absolute atomic E-state index is 0.0763. The second-order valence-corrected chi connectivity index (χ2v) is 8.26. The number of nitrogens with two attached hydrogens (primary N) is 1. The van der Waals surface area contributed by atoms with Gasteiger partial charge in [0, 0.05) is 10.8 Å². The molecule has 0 fully saturated rings. The van der Waals surface area contributed by atoms with Crippen LogP contribution in [-0.4, -0.2) is 9.97 Å². The fourth-order valence-electron chi connectivity index (χ4n) is 3.34. The predicted molar refractivity (Wildman–Crippen MR) is 115 cm³/mol. The number of nitrogens with zero attached hydrogens (tertiary/aromatic N) is 2. The molecule has 0 spiro atoms. The van der Waals surface area contributed by atoms with E-state index in [4.69, 9.17) is 22.3 Å². The van der Waals surface area contributed by atoms with E-state index in [2.05, 4.69) is 11.9 Å². The van der Waals surface area contributed by atoms with Gasteiger partial charge in [0.25, 0.3) is 0 Å². The first-order chi connectivity index (χ1) is 14.0. The second kappa shape index (κ2) is 8.05. The Morgan fingerprint density at radius 2 is 1.83 bits per heavy atom. The van der Waals surface area contributed by atoms with Gasteiger partial charge in [-0.05, 0) is 47.9 Å². The highest BCUT2D eigenvalue weighted by atomic mass is 35.5. The highest BCUT2D eigenvalue weighted by Crippen LogP contribution is 2.37. The molecule has 2 aromatic carbocycles. The molecular formula is C22H18ClF2N3S. The van der Waals surface area contributed by atoms with Gasteiger partial charge in [0.15, 0.2) is 0 Å². The van der Waals surface area contributed by atoms with Gasteiger partial charge >= 0.3 is 0 Å². The Labute approximate surface area is 176 Å². The summed E-state index contributed by atoms with van der Waals surface area (Å²) < 4.78 is 26.8. The van der Waals surface area contributed by atoms with Crippen LogP contribution in [0, 0.1) is 11.6 Å². The maximum atomic E-state index is 13.6. The van der Waals surface area contributed by atoms with Gasteiger partial charge in [0.05, 0.1) is 10.4 Å². The molecular weight excluding hydrogens is 412 g/mol. The lowest BCUT2D eigenvalue weighted by Crippen LogP contribution is -2.08. The molecule has 0 aliphatic carbocycles. The molecule has 2 aromatic heterocycles. The molecule has 0 amide bonds. The van der Waals surface area contributed by atoms with Crippen molar-refractivity contribution in [3.05, 3.63) is 76.6 Å². The van der Waals surface area contributed by atoms with Crippen molar-refractivity contribution in [2.75, 3.05) is 5.73 Å². The summed E-state index contributed by atoms with van der Waals surface area (Å²) in [5, 5.41) is 0.845. The maximum absolute atomic E-state index is 13.6. The Morgan fingerprint density at radius 3 is 2.52 bits per heavy atom. The van der Waals surface area contributed by atoms with Gasteiger partial charge in [0.1, 0.15) is 28.1 Å². The molecule has 7 heteroatoms. The lowest BCUT2D eigenvalue weighted by molar-refractivity contribution is 0.622. The number of benzene rings is 2. The molecule has 0 saturated heterocycles. The van der Waals surface area contributed by atoms with Gasteiger partial charge in [-0.1, -0.05) is 43.1 Å². The number of fused-ring (bicyclic) bond motifs is 1. The van der Waals surface area contributed by atoms with E-state index >= 15 is 0 Å². The molecule has 1 atom stereocenters. The number of hydrogen-bond acceptors (Lipinski definition) is 4. The first-order valence-corrected chi connectivity index (χ1v) is 10.4. The van der Waals surface area contributed by atoms with Crippen molar-refractivity contribution >= 4 is 39.0 Å². The van der Waals surface area contributed by atoms with Crippen LogP contribution in [0.1, 0.15) is 37.1 Å². The van der Waals surface area contributed by atoms with Crippen LogP contribution in [0.3, 0.4) is 0 Å². The van der Waals surface area contributed by atoms with Crippen molar-refractivity contribution in [1.82, 2.24) is 9.97 Å². The molecule has 0 saturated carbocycles. The summed E-state index contributed by atoms with van der Waals surface area (Å²) in [6.07, 6.45) is 1.68. The lowest BCUT2D eigenvalue weighted by Gasteiger charge is -2.16. The zero-order valence-corrected chi connectivity index (χ0v) is 17.2. The number of hydrogen-bond donors (Lipinski definition) is 1. The molecule has 0 aliphatic heterocycles. The van der Waals surface area contributed by atoms with E-state index in [1.54, 1.807) is 24.3 Å². The fraction of sp³-hybridized carbons (Fsp3) is 0.182. The second-order valence-electron chi connectivity index (χ2n) is 6.82. The average Bonchev–Trinajstić information content (AvgIpc) is 3.14. The quantitative estimate of drug-likeness (QED) is 0.379. The molecule has 1 unspecified atom stereocenters. The third-order valence-corrected chi connectivity index (χ3v) is 6.17. The third kappa shape index (κ3) is 3.95. The summed E-state index contributed by atoms with van der Waals surface area (Å²) in [6, 6.07) is 12.9. The van der Waals surface area contributed by atoms with Crippen molar-refractivity contribution in [1.29, 1.82) is 0 Å². The first kappa shape index (κ1) is 19.7. The Kier molecular flexibility index (Phi) is 5.48. The largest absolute Gasteiger partial charge is 0.383 e. The molecule has 4 aromatic rings. The number of nitrogen functional groups attached to an aromatic ring is 1. The number of aromatic nitrogens is 2. The molecule has 148 valence electrons. The van der Waals surface area contributed by atoms with Gasteiger partial charge in [-0.25, -0.2) is 18.7 Å². The Bertz CT molecular complexity index is 1170. The average molecular weight is 430 g/mol. The van der Waals surface area contributed by atoms with Gasteiger partial charge in [-0.3, -0.25) is 0 Å². The minimum Gasteiger partial charge on any atom is -0.383 e. The van der Waals surface area contributed by atoms with E-state index < -0.39 is 5.82 Å². The zero-order valence-electron chi connectivity index (χ0n) is 15.6. The Hall–Kier alpha value is -2.57. The standard InChI is InChI=1S/C22H18ClF2N3S/c1-2-3-15(13-6-9-18(25)17(23)10-13)21-27-20(26)16-11-19(29-22(16)28-21)12-4-7-14(24)8-5-12/h4-11,15H,2-3H2,1H3,(H2,26,27,28). The van der Waals surface area contributed by atoms with Crippen LogP contribution in [0.5, 0.6) is 0 Å². The van der Waals surface area contributed by atoms with E-state index in [0.717, 1.165) is 39.1 Å². The highest BCUT2D eigenvalue weighted by Gasteiger charge is 2.20. The lowest BCUT2D eigenvalue weighted by atomic mass is 9.93. The van der Waals surface area contributed by atoms with Crippen molar-refractivity contribution in [2.24, 2.45) is 0 Å². The van der Waals surface area contributed by atoms with E-state index in [9.17, 15) is 8.78 Å². The van der Waals surface area contributed by atoms with Crippen LogP contribution in [0.15, 0.2) is 48.5 Å². The maximum Gasteiger partial charge on any atom is 0.141 e. The third-order valence-electron chi connectivity index (χ3n) is 4.80. The van der Waals surface area contributed by atoms with Crippen LogP contribution >= 0.6 is 22.9 Å². The SMILES string of the molecule is CCCC(c1ccc(F)c(Cl)c1)c1nc(N)c2cc(-c3ccc(F)cc3)sc2n1. The summed E-state index contributed by atoms with van der Waals surface area (Å²) >= 11 is 7.47. The van der Waals surface area contributed by atoms with Crippen LogP contribution in [0.2, 0.25) is 5.02 Å². The molecule has 3 nitrogen and oxygen atoms in total. The van der Waals surface area contributed by atoms with Crippen LogP contribution < -0.4 is 5.73 Å². The Balaban J connectivity index is 1.79.